The van der Waals surface area contributed by atoms with E-state index in [0.29, 0.717) is 19.3 Å². The molecule has 2 heterocycles. The molecule has 0 saturated carbocycles. The lowest BCUT2D eigenvalue weighted by Crippen LogP contribution is -2.32. The van der Waals surface area contributed by atoms with Crippen LogP contribution in [0.5, 0.6) is 0 Å². The summed E-state index contributed by atoms with van der Waals surface area (Å²) in [5, 5.41) is 22.3. The van der Waals surface area contributed by atoms with Gasteiger partial charge in [-0.3, -0.25) is 14.2 Å². The van der Waals surface area contributed by atoms with Gasteiger partial charge in [-0.05, 0) is 25.3 Å². The van der Waals surface area contributed by atoms with Crippen LogP contribution in [0.4, 0.5) is 5.82 Å². The lowest BCUT2D eigenvalue weighted by Gasteiger charge is -2.22. The van der Waals surface area contributed by atoms with Crippen LogP contribution in [-0.2, 0) is 19.1 Å². The van der Waals surface area contributed by atoms with Crippen LogP contribution in [0.1, 0.15) is 39.3 Å². The Labute approximate surface area is 156 Å². The van der Waals surface area contributed by atoms with E-state index >= 15 is 0 Å². The number of unbranched alkanes of at least 4 members (excludes halogenated alkanes) is 1. The Bertz CT molecular complexity index is 721. The van der Waals surface area contributed by atoms with Crippen molar-refractivity contribution in [3.63, 3.8) is 0 Å². The number of esters is 1. The number of aromatic nitrogens is 2. The molecule has 0 radical (unpaired) electrons. The summed E-state index contributed by atoms with van der Waals surface area (Å²) in [5.41, 5.74) is -0.637. The molecule has 1 aliphatic rings. The number of aliphatic hydroxyl groups excluding tert-OH is 2. The van der Waals surface area contributed by atoms with E-state index in [1.165, 1.54) is 30.7 Å². The number of carbonyl (C=O) groups excluding carboxylic acids is 2. The number of ether oxygens (including phenoxy) is 2. The normalized spacial score (nSPS) is 24.6. The molecular formula is C17H25N3O7. The van der Waals surface area contributed by atoms with Gasteiger partial charge >= 0.3 is 11.7 Å². The standard InChI is InChI=1S/C17H25N3O7/c1-10(22)18-14-6-7-20(17(25)19-14)16-12(15(24)13(9-21)27-16)5-3-4-8-26-11(2)23/h6-7,12-13,15-16,21,24H,3-5,8-9H2,1-2H3,(H,18,19,22,25)/t12-,13-,15+,16-/m1/s1. The number of amides is 1. The number of rotatable bonds is 8. The van der Waals surface area contributed by atoms with Crippen LogP contribution in [0, 0.1) is 5.92 Å². The van der Waals surface area contributed by atoms with Gasteiger partial charge in [-0.2, -0.15) is 4.98 Å². The van der Waals surface area contributed by atoms with Gasteiger partial charge in [0.1, 0.15) is 18.1 Å². The highest BCUT2D eigenvalue weighted by molar-refractivity contribution is 5.87. The second kappa shape index (κ2) is 9.58. The van der Waals surface area contributed by atoms with Gasteiger partial charge in [-0.25, -0.2) is 4.79 Å². The van der Waals surface area contributed by atoms with Gasteiger partial charge in [-0.15, -0.1) is 0 Å². The molecule has 0 aromatic carbocycles. The number of anilines is 1. The molecule has 1 saturated heterocycles. The molecule has 1 aromatic heterocycles. The van der Waals surface area contributed by atoms with Gasteiger partial charge in [0, 0.05) is 26.0 Å². The van der Waals surface area contributed by atoms with Crippen LogP contribution >= 0.6 is 0 Å². The zero-order chi connectivity index (χ0) is 20.0. The Kier molecular flexibility index (Phi) is 7.45. The number of carbonyl (C=O) groups is 2. The molecule has 10 heteroatoms. The maximum absolute atomic E-state index is 12.3. The summed E-state index contributed by atoms with van der Waals surface area (Å²) in [6.07, 6.45) is 0.628. The number of hydrogen-bond acceptors (Lipinski definition) is 8. The van der Waals surface area contributed by atoms with E-state index < -0.39 is 30.0 Å². The molecule has 0 unspecified atom stereocenters. The first-order valence-corrected chi connectivity index (χ1v) is 8.78. The molecule has 4 atom stereocenters. The maximum atomic E-state index is 12.3. The minimum Gasteiger partial charge on any atom is -0.466 e. The Morgan fingerprint density at radius 3 is 2.70 bits per heavy atom. The fourth-order valence-electron chi connectivity index (χ4n) is 3.10. The van der Waals surface area contributed by atoms with Crippen LogP contribution in [0.3, 0.4) is 0 Å². The van der Waals surface area contributed by atoms with E-state index in [-0.39, 0.29) is 30.9 Å². The molecular weight excluding hydrogens is 358 g/mol. The highest BCUT2D eigenvalue weighted by Crippen LogP contribution is 2.37. The third-order valence-corrected chi connectivity index (χ3v) is 4.33. The highest BCUT2D eigenvalue weighted by atomic mass is 16.5. The number of aliphatic hydroxyl groups is 2. The Balaban J connectivity index is 2.10. The minimum absolute atomic E-state index is 0.124. The molecule has 1 aromatic rings. The van der Waals surface area contributed by atoms with Gasteiger partial charge < -0.3 is 25.0 Å². The molecule has 0 spiro atoms. The van der Waals surface area contributed by atoms with Crippen LogP contribution in [0.15, 0.2) is 17.1 Å². The molecule has 27 heavy (non-hydrogen) atoms. The summed E-state index contributed by atoms with van der Waals surface area (Å²) in [7, 11) is 0. The molecule has 2 rings (SSSR count). The van der Waals surface area contributed by atoms with E-state index in [4.69, 9.17) is 9.47 Å². The van der Waals surface area contributed by atoms with E-state index in [9.17, 15) is 24.6 Å². The zero-order valence-electron chi connectivity index (χ0n) is 15.3. The molecule has 3 N–H and O–H groups in total. The van der Waals surface area contributed by atoms with Crippen molar-refractivity contribution in [2.75, 3.05) is 18.5 Å². The average molecular weight is 383 g/mol. The molecule has 1 fully saturated rings. The van der Waals surface area contributed by atoms with E-state index in [1.807, 2.05) is 0 Å². The number of nitrogens with one attached hydrogen (secondary N) is 1. The summed E-state index contributed by atoms with van der Waals surface area (Å²) in [6.45, 7) is 2.54. The fourth-order valence-corrected chi connectivity index (χ4v) is 3.10. The van der Waals surface area contributed by atoms with Crippen LogP contribution < -0.4 is 11.0 Å². The minimum atomic E-state index is -0.948. The number of nitrogens with zero attached hydrogens (tertiary/aromatic N) is 2. The predicted octanol–water partition coefficient (Wildman–Crippen LogP) is -0.198. The van der Waals surface area contributed by atoms with E-state index in [0.717, 1.165) is 0 Å². The SMILES string of the molecule is CC(=O)Nc1ccn([C@@H]2O[C@H](CO)[C@@H](O)[C@H]2CCCCOC(C)=O)c(=O)n1. The van der Waals surface area contributed by atoms with Crippen molar-refractivity contribution in [2.24, 2.45) is 5.92 Å². The largest absolute Gasteiger partial charge is 0.466 e. The lowest BCUT2D eigenvalue weighted by molar-refractivity contribution is -0.141. The topological polar surface area (TPSA) is 140 Å². The first-order chi connectivity index (χ1) is 12.8. The average Bonchev–Trinajstić information content (AvgIpc) is 2.90. The first-order valence-electron chi connectivity index (χ1n) is 8.78. The second-order valence-corrected chi connectivity index (χ2v) is 6.42. The molecule has 0 aliphatic carbocycles. The van der Waals surface area contributed by atoms with Crippen LogP contribution in [0.2, 0.25) is 0 Å². The Morgan fingerprint density at radius 2 is 2.11 bits per heavy atom. The van der Waals surface area contributed by atoms with Crippen molar-refractivity contribution >= 4 is 17.7 Å². The molecule has 0 bridgehead atoms. The second-order valence-electron chi connectivity index (χ2n) is 6.42. The van der Waals surface area contributed by atoms with Gasteiger partial charge in [0.15, 0.2) is 0 Å². The smallest absolute Gasteiger partial charge is 0.351 e. The first kappa shape index (κ1) is 21.0. The number of hydrogen-bond donors (Lipinski definition) is 3. The molecule has 150 valence electrons. The Morgan fingerprint density at radius 1 is 1.37 bits per heavy atom. The van der Waals surface area contributed by atoms with E-state index in [1.54, 1.807) is 0 Å². The van der Waals surface area contributed by atoms with Crippen molar-refractivity contribution in [3.05, 3.63) is 22.7 Å². The van der Waals surface area contributed by atoms with Crippen molar-refractivity contribution < 1.29 is 29.3 Å². The fraction of sp³-hybridized carbons (Fsp3) is 0.647. The summed E-state index contributed by atoms with van der Waals surface area (Å²) in [6, 6.07) is 1.46. The van der Waals surface area contributed by atoms with Gasteiger partial charge in [0.25, 0.3) is 0 Å². The molecule has 1 amide bonds. The van der Waals surface area contributed by atoms with Crippen molar-refractivity contribution in [2.45, 2.75) is 51.5 Å². The summed E-state index contributed by atoms with van der Waals surface area (Å²) in [4.78, 5) is 38.0. The van der Waals surface area contributed by atoms with Gasteiger partial charge in [0.05, 0.1) is 19.3 Å². The van der Waals surface area contributed by atoms with Crippen molar-refractivity contribution in [1.29, 1.82) is 0 Å². The molecule has 10 nitrogen and oxygen atoms in total. The van der Waals surface area contributed by atoms with E-state index in [2.05, 4.69) is 10.3 Å². The third kappa shape index (κ3) is 5.59. The van der Waals surface area contributed by atoms with Crippen molar-refractivity contribution in [1.82, 2.24) is 9.55 Å². The highest BCUT2D eigenvalue weighted by Gasteiger charge is 2.44. The lowest BCUT2D eigenvalue weighted by atomic mass is 9.93. The zero-order valence-corrected chi connectivity index (χ0v) is 15.3. The van der Waals surface area contributed by atoms with Crippen molar-refractivity contribution in [3.8, 4) is 0 Å². The van der Waals surface area contributed by atoms with Gasteiger partial charge in [0.2, 0.25) is 5.91 Å². The Hall–Kier alpha value is -2.30. The monoisotopic (exact) mass is 383 g/mol. The summed E-state index contributed by atoms with van der Waals surface area (Å²) in [5.74, 6) is -1.02. The summed E-state index contributed by atoms with van der Waals surface area (Å²) < 4.78 is 11.8. The van der Waals surface area contributed by atoms with Gasteiger partial charge in [-0.1, -0.05) is 0 Å². The quantitative estimate of drug-likeness (QED) is 0.414. The van der Waals surface area contributed by atoms with Crippen LogP contribution in [0.25, 0.3) is 0 Å². The summed E-state index contributed by atoms with van der Waals surface area (Å²) >= 11 is 0. The van der Waals surface area contributed by atoms with Crippen LogP contribution in [-0.4, -0.2) is 57.1 Å². The molecule has 1 aliphatic heterocycles. The third-order valence-electron chi connectivity index (χ3n) is 4.33. The predicted molar refractivity (Wildman–Crippen MR) is 93.8 cm³/mol. The maximum Gasteiger partial charge on any atom is 0.351 e.